The average molecular weight is 502 g/mol. The highest BCUT2D eigenvalue weighted by molar-refractivity contribution is 5.81. The highest BCUT2D eigenvalue weighted by Crippen LogP contribution is 2.44. The van der Waals surface area contributed by atoms with E-state index in [9.17, 15) is 24.8 Å². The summed E-state index contributed by atoms with van der Waals surface area (Å²) >= 11 is 0. The van der Waals surface area contributed by atoms with E-state index >= 15 is 0 Å². The van der Waals surface area contributed by atoms with Crippen molar-refractivity contribution in [3.63, 3.8) is 0 Å². The first-order valence-electron chi connectivity index (χ1n) is 12.3. The molecule has 190 valence electrons. The third-order valence-electron chi connectivity index (χ3n) is 7.06. The van der Waals surface area contributed by atoms with Crippen LogP contribution in [0.15, 0.2) is 66.7 Å². The van der Waals surface area contributed by atoms with Crippen molar-refractivity contribution in [3.8, 4) is 11.1 Å². The number of alkyl carbamates (subject to hydrolysis) is 1. The first-order chi connectivity index (χ1) is 17.9. The van der Waals surface area contributed by atoms with Crippen molar-refractivity contribution in [1.29, 1.82) is 0 Å². The van der Waals surface area contributed by atoms with E-state index in [1.807, 2.05) is 53.4 Å². The maximum atomic E-state index is 12.6. The standard InChI is InChI=1S/C28H27N3O6/c32-27(33)24(15-18-11-12-25(26(16-18)31(35)36)30-13-5-6-14-30)29-28(34)37-17-23-21-9-3-1-7-19(21)20-8-2-4-10-22(20)23/h1-4,7-12,16,23-24H,5-6,13-15,17H2,(H,29,34)(H,32,33). The largest absolute Gasteiger partial charge is 0.480 e. The van der Waals surface area contributed by atoms with E-state index in [2.05, 4.69) is 5.32 Å². The van der Waals surface area contributed by atoms with Crippen LogP contribution in [-0.2, 0) is 16.0 Å². The number of nitrogens with one attached hydrogen (secondary N) is 1. The molecule has 0 aromatic heterocycles. The minimum absolute atomic E-state index is 0.0577. The fourth-order valence-corrected chi connectivity index (χ4v) is 5.29. The average Bonchev–Trinajstić information content (AvgIpc) is 3.54. The number of nitro benzene ring substituents is 1. The lowest BCUT2D eigenvalue weighted by Crippen LogP contribution is -2.42. The lowest BCUT2D eigenvalue weighted by molar-refractivity contribution is -0.384. The molecule has 0 saturated carbocycles. The van der Waals surface area contributed by atoms with Crippen molar-refractivity contribution in [2.75, 3.05) is 24.6 Å². The zero-order valence-corrected chi connectivity index (χ0v) is 20.1. The van der Waals surface area contributed by atoms with Gasteiger partial charge in [0.25, 0.3) is 5.69 Å². The maximum Gasteiger partial charge on any atom is 0.407 e. The summed E-state index contributed by atoms with van der Waals surface area (Å²) in [6.07, 6.45) is 0.992. The molecule has 2 aliphatic rings. The molecule has 2 N–H and O–H groups in total. The number of nitro groups is 1. The van der Waals surface area contributed by atoms with Crippen LogP contribution in [-0.4, -0.2) is 47.8 Å². The van der Waals surface area contributed by atoms with Crippen molar-refractivity contribution in [1.82, 2.24) is 5.32 Å². The molecule has 9 heteroatoms. The number of hydrogen-bond acceptors (Lipinski definition) is 6. The van der Waals surface area contributed by atoms with Gasteiger partial charge in [0.05, 0.1) is 4.92 Å². The van der Waals surface area contributed by atoms with Crippen LogP contribution in [0, 0.1) is 10.1 Å². The number of anilines is 1. The second-order valence-corrected chi connectivity index (χ2v) is 9.34. The van der Waals surface area contributed by atoms with Gasteiger partial charge in [-0.05, 0) is 46.7 Å². The number of benzene rings is 3. The molecule has 1 saturated heterocycles. The number of fused-ring (bicyclic) bond motifs is 3. The highest BCUT2D eigenvalue weighted by Gasteiger charge is 2.30. The smallest absolute Gasteiger partial charge is 0.407 e. The maximum absolute atomic E-state index is 12.6. The van der Waals surface area contributed by atoms with Gasteiger partial charge in [0.2, 0.25) is 0 Å². The summed E-state index contributed by atoms with van der Waals surface area (Å²) < 4.78 is 5.48. The van der Waals surface area contributed by atoms with E-state index in [1.165, 1.54) is 6.07 Å². The number of hydrogen-bond donors (Lipinski definition) is 2. The van der Waals surface area contributed by atoms with Crippen molar-refractivity contribution < 1.29 is 24.4 Å². The Kier molecular flexibility index (Phi) is 6.76. The van der Waals surface area contributed by atoms with Gasteiger partial charge in [0.1, 0.15) is 18.3 Å². The van der Waals surface area contributed by atoms with Crippen molar-refractivity contribution in [2.24, 2.45) is 0 Å². The van der Waals surface area contributed by atoms with Crippen molar-refractivity contribution in [3.05, 3.63) is 93.5 Å². The number of ether oxygens (including phenoxy) is 1. The Bertz CT molecular complexity index is 1310. The van der Waals surface area contributed by atoms with Gasteiger partial charge in [0.15, 0.2) is 0 Å². The molecule has 37 heavy (non-hydrogen) atoms. The number of carbonyl (C=O) groups excluding carboxylic acids is 1. The minimum Gasteiger partial charge on any atom is -0.480 e. The summed E-state index contributed by atoms with van der Waals surface area (Å²) in [6.45, 7) is 1.56. The molecule has 9 nitrogen and oxygen atoms in total. The SMILES string of the molecule is O=C(NC(Cc1ccc(N2CCCC2)c([N+](=O)[O-])c1)C(=O)O)OCC1c2ccccc2-c2ccccc21. The molecule has 1 aliphatic heterocycles. The van der Waals surface area contributed by atoms with Gasteiger partial charge in [0, 0.05) is 31.5 Å². The molecule has 0 bridgehead atoms. The molecule has 1 fully saturated rings. The normalized spacial score (nSPS) is 15.1. The van der Waals surface area contributed by atoms with Crippen LogP contribution in [0.1, 0.15) is 35.4 Å². The van der Waals surface area contributed by atoms with Gasteiger partial charge in [-0.1, -0.05) is 54.6 Å². The second-order valence-electron chi connectivity index (χ2n) is 9.34. The molecule has 0 spiro atoms. The quantitative estimate of drug-likeness (QED) is 0.338. The highest BCUT2D eigenvalue weighted by atomic mass is 16.6. The first kappa shape index (κ1) is 24.3. The van der Waals surface area contributed by atoms with Crippen molar-refractivity contribution in [2.45, 2.75) is 31.2 Å². The Morgan fingerprint density at radius 3 is 2.24 bits per heavy atom. The van der Waals surface area contributed by atoms with Gasteiger partial charge < -0.3 is 20.1 Å². The van der Waals surface area contributed by atoms with Gasteiger partial charge in [-0.25, -0.2) is 9.59 Å². The second kappa shape index (κ2) is 10.3. The topological polar surface area (TPSA) is 122 Å². The summed E-state index contributed by atoms with van der Waals surface area (Å²) in [6, 6.07) is 19.3. The Morgan fingerprint density at radius 2 is 1.65 bits per heavy atom. The molecular formula is C28H27N3O6. The van der Waals surface area contributed by atoms with Crippen LogP contribution in [0.4, 0.5) is 16.2 Å². The third-order valence-corrected chi connectivity index (χ3v) is 7.06. The van der Waals surface area contributed by atoms with Crippen LogP contribution in [0.3, 0.4) is 0 Å². The lowest BCUT2D eigenvalue weighted by Gasteiger charge is -2.19. The predicted octanol–water partition coefficient (Wildman–Crippen LogP) is 4.73. The summed E-state index contributed by atoms with van der Waals surface area (Å²) in [7, 11) is 0. The Morgan fingerprint density at radius 1 is 1.03 bits per heavy atom. The van der Waals surface area contributed by atoms with Gasteiger partial charge in [-0.2, -0.15) is 0 Å². The van der Waals surface area contributed by atoms with Gasteiger partial charge in [-0.15, -0.1) is 0 Å². The van der Waals surface area contributed by atoms with Crippen LogP contribution in [0.2, 0.25) is 0 Å². The minimum atomic E-state index is -1.30. The number of amides is 1. The van der Waals surface area contributed by atoms with Gasteiger partial charge in [-0.3, -0.25) is 10.1 Å². The van der Waals surface area contributed by atoms with Crippen LogP contribution >= 0.6 is 0 Å². The van der Waals surface area contributed by atoms with Crippen LogP contribution in [0.5, 0.6) is 0 Å². The van der Waals surface area contributed by atoms with E-state index in [0.717, 1.165) is 48.2 Å². The molecule has 1 heterocycles. The summed E-state index contributed by atoms with van der Waals surface area (Å²) in [5, 5.41) is 23.8. The lowest BCUT2D eigenvalue weighted by atomic mass is 9.98. The summed E-state index contributed by atoms with van der Waals surface area (Å²) in [5.41, 5.74) is 5.20. The summed E-state index contributed by atoms with van der Waals surface area (Å²) in [5.74, 6) is -1.40. The summed E-state index contributed by atoms with van der Waals surface area (Å²) in [4.78, 5) is 37.7. The molecule has 1 amide bonds. The monoisotopic (exact) mass is 501 g/mol. The number of nitrogens with zero attached hydrogens (tertiary/aromatic N) is 2. The van der Waals surface area contributed by atoms with E-state index in [0.29, 0.717) is 11.3 Å². The van der Waals surface area contributed by atoms with Crippen LogP contribution in [0.25, 0.3) is 11.1 Å². The number of carboxylic acid groups (broad SMARTS) is 1. The molecule has 1 atom stereocenters. The van der Waals surface area contributed by atoms with E-state index in [4.69, 9.17) is 4.74 Å². The fraction of sp³-hybridized carbons (Fsp3) is 0.286. The molecule has 0 radical (unpaired) electrons. The molecule has 1 aliphatic carbocycles. The third kappa shape index (κ3) is 4.97. The number of aliphatic carboxylic acids is 1. The number of carbonyl (C=O) groups is 2. The van der Waals surface area contributed by atoms with Gasteiger partial charge >= 0.3 is 12.1 Å². The fourth-order valence-electron chi connectivity index (χ4n) is 5.29. The Labute approximate surface area is 213 Å². The number of rotatable bonds is 8. The Hall–Kier alpha value is -4.40. The molecule has 3 aromatic rings. The van der Waals surface area contributed by atoms with Crippen LogP contribution < -0.4 is 10.2 Å². The van der Waals surface area contributed by atoms with E-state index < -0.39 is 23.0 Å². The molecular weight excluding hydrogens is 474 g/mol. The Balaban J connectivity index is 1.26. The molecule has 1 unspecified atom stereocenters. The predicted molar refractivity (Wildman–Crippen MR) is 138 cm³/mol. The molecule has 3 aromatic carbocycles. The number of carboxylic acids is 1. The van der Waals surface area contributed by atoms with E-state index in [1.54, 1.807) is 12.1 Å². The first-order valence-corrected chi connectivity index (χ1v) is 12.3. The molecule has 5 rings (SSSR count). The zero-order valence-electron chi connectivity index (χ0n) is 20.1. The zero-order chi connectivity index (χ0) is 25.9. The van der Waals surface area contributed by atoms with E-state index in [-0.39, 0.29) is 24.6 Å². The van der Waals surface area contributed by atoms with Crippen molar-refractivity contribution >= 4 is 23.4 Å².